The number of H-pyrrole nitrogens is 2. The van der Waals surface area contributed by atoms with Crippen LogP contribution >= 0.6 is 0 Å². The lowest BCUT2D eigenvalue weighted by Gasteiger charge is -1.96. The van der Waals surface area contributed by atoms with Crippen molar-refractivity contribution in [1.29, 1.82) is 0 Å². The van der Waals surface area contributed by atoms with Crippen LogP contribution in [0.15, 0.2) is 6.07 Å². The van der Waals surface area contributed by atoms with Gasteiger partial charge in [-0.15, -0.1) is 0 Å². The average molecular weight is 243 g/mol. The first-order chi connectivity index (χ1) is 8.54. The highest BCUT2D eigenvalue weighted by Crippen LogP contribution is 2.21. The van der Waals surface area contributed by atoms with E-state index in [1.54, 1.807) is 0 Å². The normalized spacial score (nSPS) is 12.3. The molecule has 2 N–H and O–H groups in total. The van der Waals surface area contributed by atoms with Crippen molar-refractivity contribution in [3.8, 4) is 0 Å². The van der Waals surface area contributed by atoms with Crippen molar-refractivity contribution in [3.05, 3.63) is 17.7 Å². The zero-order chi connectivity index (χ0) is 12.9. The molecule has 94 valence electrons. The maximum atomic E-state index is 4.50. The lowest BCUT2D eigenvalue weighted by atomic mass is 10.2. The molecule has 0 bridgehead atoms. The average Bonchev–Trinajstić information content (AvgIpc) is 2.87. The Morgan fingerprint density at radius 1 is 0.778 bits per heavy atom. The van der Waals surface area contributed by atoms with E-state index in [1.807, 2.05) is 6.07 Å². The number of imidazole rings is 2. The van der Waals surface area contributed by atoms with E-state index in [0.717, 1.165) is 34.0 Å². The number of aromatic amines is 2. The predicted molar refractivity (Wildman–Crippen MR) is 71.7 cm³/mol. The van der Waals surface area contributed by atoms with Gasteiger partial charge in [-0.2, -0.15) is 0 Å². The second kappa shape index (κ2) is 3.80. The van der Waals surface area contributed by atoms with Crippen LogP contribution in [0.2, 0.25) is 0 Å². The van der Waals surface area contributed by atoms with Gasteiger partial charge in [0.2, 0.25) is 0 Å². The van der Waals surface area contributed by atoms with E-state index in [0.29, 0.717) is 11.8 Å². The fraction of sp³-hybridized carbons (Fsp3) is 0.462. The molecule has 0 radical (unpaired) electrons. The van der Waals surface area contributed by atoms with Gasteiger partial charge in [-0.05, 0) is 6.07 Å². The number of rotatable bonds is 2. The number of hydrogen-bond donors (Lipinski definition) is 2. The van der Waals surface area contributed by atoms with E-state index >= 15 is 0 Å². The molecule has 0 aromatic carbocycles. The van der Waals surface area contributed by atoms with Gasteiger partial charge in [-0.1, -0.05) is 27.7 Å². The summed E-state index contributed by atoms with van der Waals surface area (Å²) in [5.74, 6) is 2.68. The Morgan fingerprint density at radius 2 is 1.22 bits per heavy atom. The molecule has 0 aliphatic carbocycles. The standard InChI is InChI=1S/C13H17N5/c1-6(2)10-14-8-5-9-13(18-12(8)16-10)17-11(15-9)7(3)4/h5-7H,1-4H3,(H2,14,15,16,17,18). The van der Waals surface area contributed by atoms with Crippen molar-refractivity contribution in [3.63, 3.8) is 0 Å². The summed E-state index contributed by atoms with van der Waals surface area (Å²) in [5.41, 5.74) is 3.41. The molecule has 3 aromatic heterocycles. The number of aromatic nitrogens is 5. The molecule has 0 aliphatic heterocycles. The van der Waals surface area contributed by atoms with Crippen LogP contribution in [0, 0.1) is 0 Å². The Labute approximate surface area is 105 Å². The van der Waals surface area contributed by atoms with Gasteiger partial charge in [-0.25, -0.2) is 15.0 Å². The van der Waals surface area contributed by atoms with Crippen molar-refractivity contribution < 1.29 is 0 Å². The number of nitrogens with one attached hydrogen (secondary N) is 2. The summed E-state index contributed by atoms with van der Waals surface area (Å²) in [6.07, 6.45) is 0. The Morgan fingerprint density at radius 3 is 1.61 bits per heavy atom. The van der Waals surface area contributed by atoms with Crippen LogP contribution in [0.3, 0.4) is 0 Å². The van der Waals surface area contributed by atoms with Crippen LogP contribution < -0.4 is 0 Å². The number of nitrogens with zero attached hydrogens (tertiary/aromatic N) is 3. The highest BCUT2D eigenvalue weighted by Gasteiger charge is 2.12. The quantitative estimate of drug-likeness (QED) is 0.726. The molecule has 0 spiro atoms. The lowest BCUT2D eigenvalue weighted by Crippen LogP contribution is -1.89. The van der Waals surface area contributed by atoms with Crippen LogP contribution in [0.5, 0.6) is 0 Å². The van der Waals surface area contributed by atoms with E-state index in [-0.39, 0.29) is 0 Å². The largest absolute Gasteiger partial charge is 0.340 e. The summed E-state index contributed by atoms with van der Waals surface area (Å²) in [6, 6.07) is 2.04. The van der Waals surface area contributed by atoms with E-state index in [1.165, 1.54) is 0 Å². The van der Waals surface area contributed by atoms with Gasteiger partial charge >= 0.3 is 0 Å². The van der Waals surface area contributed by atoms with E-state index in [4.69, 9.17) is 0 Å². The first-order valence-corrected chi connectivity index (χ1v) is 6.31. The molecule has 0 amide bonds. The molecule has 0 unspecified atom stereocenters. The molecule has 3 rings (SSSR count). The molecular weight excluding hydrogens is 226 g/mol. The molecule has 5 heteroatoms. The Bertz CT molecular complexity index is 596. The SMILES string of the molecule is CC(C)c1nc2nc3nc(C(C)C)[nH]c3cc2[nH]1. The third-order valence-electron chi connectivity index (χ3n) is 3.05. The number of hydrogen-bond acceptors (Lipinski definition) is 3. The van der Waals surface area contributed by atoms with Crippen LogP contribution in [0.25, 0.3) is 22.3 Å². The molecule has 3 heterocycles. The van der Waals surface area contributed by atoms with Crippen molar-refractivity contribution in [1.82, 2.24) is 24.9 Å². The molecule has 0 aliphatic rings. The fourth-order valence-electron chi connectivity index (χ4n) is 1.96. The molecule has 5 nitrogen and oxygen atoms in total. The Kier molecular flexibility index (Phi) is 2.36. The van der Waals surface area contributed by atoms with Crippen LogP contribution in [-0.2, 0) is 0 Å². The number of pyridine rings is 1. The smallest absolute Gasteiger partial charge is 0.180 e. The van der Waals surface area contributed by atoms with Crippen LogP contribution in [0.1, 0.15) is 51.2 Å². The van der Waals surface area contributed by atoms with Crippen molar-refractivity contribution >= 4 is 22.3 Å². The summed E-state index contributed by atoms with van der Waals surface area (Å²) >= 11 is 0. The summed E-state index contributed by atoms with van der Waals surface area (Å²) in [6.45, 7) is 8.44. The zero-order valence-corrected chi connectivity index (χ0v) is 11.1. The van der Waals surface area contributed by atoms with Crippen LogP contribution in [0.4, 0.5) is 0 Å². The minimum Gasteiger partial charge on any atom is -0.340 e. The molecule has 3 aromatic rings. The van der Waals surface area contributed by atoms with Gasteiger partial charge in [0, 0.05) is 11.8 Å². The van der Waals surface area contributed by atoms with Gasteiger partial charge < -0.3 is 9.97 Å². The topological polar surface area (TPSA) is 70.2 Å². The molecule has 0 saturated carbocycles. The highest BCUT2D eigenvalue weighted by atomic mass is 15.1. The second-order valence-corrected chi connectivity index (χ2v) is 5.28. The van der Waals surface area contributed by atoms with Crippen molar-refractivity contribution in [2.45, 2.75) is 39.5 Å². The molecule has 18 heavy (non-hydrogen) atoms. The summed E-state index contributed by atoms with van der Waals surface area (Å²) in [5, 5.41) is 0. The first kappa shape index (κ1) is 11.2. The van der Waals surface area contributed by atoms with Gasteiger partial charge in [0.1, 0.15) is 11.6 Å². The third kappa shape index (κ3) is 1.66. The summed E-state index contributed by atoms with van der Waals surface area (Å²) < 4.78 is 0. The second-order valence-electron chi connectivity index (χ2n) is 5.28. The van der Waals surface area contributed by atoms with Crippen molar-refractivity contribution in [2.24, 2.45) is 0 Å². The molecule has 0 atom stereocenters. The van der Waals surface area contributed by atoms with Crippen molar-refractivity contribution in [2.75, 3.05) is 0 Å². The lowest BCUT2D eigenvalue weighted by molar-refractivity contribution is 0.796. The third-order valence-corrected chi connectivity index (χ3v) is 3.05. The predicted octanol–water partition coefficient (Wildman–Crippen LogP) is 3.08. The minimum absolute atomic E-state index is 0.372. The highest BCUT2D eigenvalue weighted by molar-refractivity contribution is 5.85. The van der Waals surface area contributed by atoms with Gasteiger partial charge in [0.05, 0.1) is 11.0 Å². The first-order valence-electron chi connectivity index (χ1n) is 6.31. The molecular formula is C13H17N5. The minimum atomic E-state index is 0.372. The molecule has 0 saturated heterocycles. The van der Waals surface area contributed by atoms with E-state index in [2.05, 4.69) is 52.6 Å². The Hall–Kier alpha value is -1.91. The van der Waals surface area contributed by atoms with Gasteiger partial charge in [0.15, 0.2) is 11.3 Å². The van der Waals surface area contributed by atoms with E-state index in [9.17, 15) is 0 Å². The molecule has 0 fully saturated rings. The van der Waals surface area contributed by atoms with Crippen LogP contribution in [-0.4, -0.2) is 24.9 Å². The number of fused-ring (bicyclic) bond motifs is 2. The van der Waals surface area contributed by atoms with Gasteiger partial charge in [0.25, 0.3) is 0 Å². The van der Waals surface area contributed by atoms with E-state index < -0.39 is 0 Å². The zero-order valence-electron chi connectivity index (χ0n) is 11.1. The monoisotopic (exact) mass is 243 g/mol. The fourth-order valence-corrected chi connectivity index (χ4v) is 1.96. The Balaban J connectivity index is 2.21. The summed E-state index contributed by atoms with van der Waals surface area (Å²) in [4.78, 5) is 20.1. The summed E-state index contributed by atoms with van der Waals surface area (Å²) in [7, 11) is 0. The maximum Gasteiger partial charge on any atom is 0.180 e. The maximum absolute atomic E-state index is 4.50. The van der Waals surface area contributed by atoms with Gasteiger partial charge in [-0.3, -0.25) is 0 Å².